The summed E-state index contributed by atoms with van der Waals surface area (Å²) < 4.78 is 0. The molecule has 0 N–H and O–H groups in total. The van der Waals surface area contributed by atoms with Crippen LogP contribution in [0.2, 0.25) is 0 Å². The van der Waals surface area contributed by atoms with Crippen molar-refractivity contribution in [1.82, 2.24) is 0 Å². The smallest absolute Gasteiger partial charge is 0.182 e. The van der Waals surface area contributed by atoms with E-state index in [4.69, 9.17) is 0 Å². The number of ketones is 1. The van der Waals surface area contributed by atoms with E-state index < -0.39 is 0 Å². The van der Waals surface area contributed by atoms with Crippen LogP contribution in [0.3, 0.4) is 0 Å². The number of carbonyl (C=O) groups excluding carboxylic acids is 1. The van der Waals surface area contributed by atoms with Crippen LogP contribution in [0.25, 0.3) is 0 Å². The Kier molecular flexibility index (Phi) is 4.46. The van der Waals surface area contributed by atoms with Gasteiger partial charge < -0.3 is 4.90 Å². The van der Waals surface area contributed by atoms with Gasteiger partial charge in [0, 0.05) is 18.3 Å². The van der Waals surface area contributed by atoms with Gasteiger partial charge in [0.05, 0.1) is 6.54 Å². The van der Waals surface area contributed by atoms with Crippen LogP contribution in [0.1, 0.15) is 32.6 Å². The van der Waals surface area contributed by atoms with Gasteiger partial charge in [-0.1, -0.05) is 29.8 Å². The highest BCUT2D eigenvalue weighted by Gasteiger charge is 2.12. The van der Waals surface area contributed by atoms with Crippen molar-refractivity contribution in [2.45, 2.75) is 27.7 Å². The van der Waals surface area contributed by atoms with Crippen molar-refractivity contribution in [2.24, 2.45) is 0 Å². The largest absolute Gasteiger partial charge is 0.367 e. The molecule has 0 spiro atoms. The second-order valence-corrected chi connectivity index (χ2v) is 5.87. The molecule has 0 bridgehead atoms. The van der Waals surface area contributed by atoms with E-state index >= 15 is 0 Å². The molecule has 0 aromatic heterocycles. The fraction of sp³-hybridized carbons (Fsp3) is 0.316. The third-order valence-corrected chi connectivity index (χ3v) is 3.97. The van der Waals surface area contributed by atoms with Crippen LogP contribution in [0.5, 0.6) is 0 Å². The van der Waals surface area contributed by atoms with E-state index in [1.54, 1.807) is 0 Å². The average molecular weight is 281 g/mol. The Hall–Kier alpha value is -2.09. The number of nitrogens with zero attached hydrogens (tertiary/aromatic N) is 1. The van der Waals surface area contributed by atoms with Crippen molar-refractivity contribution in [3.63, 3.8) is 0 Å². The third-order valence-electron chi connectivity index (χ3n) is 3.97. The molecule has 0 aliphatic heterocycles. The molecule has 0 aliphatic rings. The Morgan fingerprint density at radius 1 is 0.905 bits per heavy atom. The van der Waals surface area contributed by atoms with Gasteiger partial charge >= 0.3 is 0 Å². The summed E-state index contributed by atoms with van der Waals surface area (Å²) in [7, 11) is 1.97. The molecule has 0 fully saturated rings. The first kappa shape index (κ1) is 15.3. The molecule has 0 aliphatic carbocycles. The molecule has 110 valence electrons. The number of anilines is 1. The summed E-state index contributed by atoms with van der Waals surface area (Å²) in [6, 6.07) is 12.2. The predicted octanol–water partition coefficient (Wildman–Crippen LogP) is 4.24. The van der Waals surface area contributed by atoms with E-state index in [0.29, 0.717) is 6.54 Å². The van der Waals surface area contributed by atoms with Crippen molar-refractivity contribution in [1.29, 1.82) is 0 Å². The van der Waals surface area contributed by atoms with Crippen molar-refractivity contribution < 1.29 is 4.79 Å². The monoisotopic (exact) mass is 281 g/mol. The van der Waals surface area contributed by atoms with Gasteiger partial charge in [0.1, 0.15) is 0 Å². The van der Waals surface area contributed by atoms with Crippen LogP contribution < -0.4 is 4.90 Å². The summed E-state index contributed by atoms with van der Waals surface area (Å²) in [6.07, 6.45) is 0. The Balaban J connectivity index is 2.16. The van der Waals surface area contributed by atoms with Crippen LogP contribution in [-0.2, 0) is 0 Å². The van der Waals surface area contributed by atoms with Gasteiger partial charge in [0.15, 0.2) is 5.78 Å². The lowest BCUT2D eigenvalue weighted by Crippen LogP contribution is -2.26. The predicted molar refractivity (Wildman–Crippen MR) is 89.4 cm³/mol. The quantitative estimate of drug-likeness (QED) is 0.781. The number of aryl methyl sites for hydroxylation is 4. The second kappa shape index (κ2) is 6.13. The molecule has 0 unspecified atom stereocenters. The lowest BCUT2D eigenvalue weighted by molar-refractivity contribution is 0.100. The van der Waals surface area contributed by atoms with Crippen molar-refractivity contribution in [3.8, 4) is 0 Å². The first-order chi connectivity index (χ1) is 9.88. The summed E-state index contributed by atoms with van der Waals surface area (Å²) in [5, 5.41) is 0. The first-order valence-corrected chi connectivity index (χ1v) is 7.27. The van der Waals surface area contributed by atoms with Gasteiger partial charge in [0.25, 0.3) is 0 Å². The molecule has 0 radical (unpaired) electrons. The number of carbonyl (C=O) groups is 1. The summed E-state index contributed by atoms with van der Waals surface area (Å²) in [4.78, 5) is 14.4. The maximum atomic E-state index is 12.4. The first-order valence-electron chi connectivity index (χ1n) is 7.27. The standard InChI is InChI=1S/C19H23NO/c1-13-6-9-18(16(4)10-13)20(5)12-19(21)17-8-7-14(2)15(3)11-17/h6-11H,12H2,1-5H3. The Labute approximate surface area is 127 Å². The van der Waals surface area contributed by atoms with Gasteiger partial charge in [-0.3, -0.25) is 4.79 Å². The molecule has 2 aromatic rings. The van der Waals surface area contributed by atoms with Gasteiger partial charge in [-0.05, 0) is 56.5 Å². The van der Waals surface area contributed by atoms with Crippen LogP contribution in [0, 0.1) is 27.7 Å². The maximum Gasteiger partial charge on any atom is 0.182 e. The third kappa shape index (κ3) is 3.52. The second-order valence-electron chi connectivity index (χ2n) is 5.87. The maximum absolute atomic E-state index is 12.4. The zero-order valence-electron chi connectivity index (χ0n) is 13.5. The molecular weight excluding hydrogens is 258 g/mol. The van der Waals surface area contributed by atoms with Crippen molar-refractivity contribution >= 4 is 11.5 Å². The van der Waals surface area contributed by atoms with Crippen molar-refractivity contribution in [3.05, 3.63) is 64.2 Å². The van der Waals surface area contributed by atoms with Crippen LogP contribution in [0.4, 0.5) is 5.69 Å². The Morgan fingerprint density at radius 3 is 2.24 bits per heavy atom. The Morgan fingerprint density at radius 2 is 1.62 bits per heavy atom. The summed E-state index contributed by atoms with van der Waals surface area (Å²) in [5.41, 5.74) is 6.72. The van der Waals surface area contributed by atoms with Crippen LogP contribution in [-0.4, -0.2) is 19.4 Å². The minimum atomic E-state index is 0.153. The highest BCUT2D eigenvalue weighted by atomic mass is 16.1. The van der Waals surface area contributed by atoms with E-state index in [9.17, 15) is 4.79 Å². The average Bonchev–Trinajstić information content (AvgIpc) is 2.41. The number of Topliss-reactive ketones (excluding diaryl/α,β-unsaturated/α-hetero) is 1. The van der Waals surface area contributed by atoms with Gasteiger partial charge in [-0.25, -0.2) is 0 Å². The number of rotatable bonds is 4. The zero-order valence-corrected chi connectivity index (χ0v) is 13.5. The molecule has 0 atom stereocenters. The molecule has 0 heterocycles. The minimum absolute atomic E-state index is 0.153. The molecule has 0 saturated carbocycles. The SMILES string of the molecule is Cc1ccc(N(C)CC(=O)c2ccc(C)c(C)c2)c(C)c1. The van der Waals surface area contributed by atoms with Gasteiger partial charge in [0.2, 0.25) is 0 Å². The fourth-order valence-corrected chi connectivity index (χ4v) is 2.54. The molecule has 21 heavy (non-hydrogen) atoms. The number of benzene rings is 2. The van der Waals surface area contributed by atoms with E-state index in [1.165, 1.54) is 16.7 Å². The highest BCUT2D eigenvalue weighted by Crippen LogP contribution is 2.20. The molecule has 0 amide bonds. The molecule has 2 heteroatoms. The Bertz CT molecular complexity index is 673. The minimum Gasteiger partial charge on any atom is -0.367 e. The topological polar surface area (TPSA) is 20.3 Å². The van der Waals surface area contributed by atoms with Crippen LogP contribution in [0.15, 0.2) is 36.4 Å². The fourth-order valence-electron chi connectivity index (χ4n) is 2.54. The molecule has 2 aromatic carbocycles. The lowest BCUT2D eigenvalue weighted by Gasteiger charge is -2.21. The highest BCUT2D eigenvalue weighted by molar-refractivity contribution is 5.99. The summed E-state index contributed by atoms with van der Waals surface area (Å²) >= 11 is 0. The molecule has 2 nitrogen and oxygen atoms in total. The van der Waals surface area contributed by atoms with E-state index in [2.05, 4.69) is 39.0 Å². The normalized spacial score (nSPS) is 10.5. The number of likely N-dealkylation sites (N-methyl/N-ethyl adjacent to an activating group) is 1. The van der Waals surface area contributed by atoms with Crippen LogP contribution >= 0.6 is 0 Å². The molecule has 0 saturated heterocycles. The number of hydrogen-bond donors (Lipinski definition) is 0. The van der Waals surface area contributed by atoms with E-state index in [-0.39, 0.29) is 5.78 Å². The summed E-state index contributed by atoms with van der Waals surface area (Å²) in [5.74, 6) is 0.153. The molecular formula is C19H23NO. The van der Waals surface area contributed by atoms with Crippen molar-refractivity contribution in [2.75, 3.05) is 18.5 Å². The lowest BCUT2D eigenvalue weighted by atomic mass is 10.0. The number of hydrogen-bond acceptors (Lipinski definition) is 2. The van der Waals surface area contributed by atoms with E-state index in [0.717, 1.165) is 16.8 Å². The van der Waals surface area contributed by atoms with Gasteiger partial charge in [-0.15, -0.1) is 0 Å². The van der Waals surface area contributed by atoms with E-state index in [1.807, 2.05) is 37.1 Å². The van der Waals surface area contributed by atoms with Gasteiger partial charge in [-0.2, -0.15) is 0 Å². The summed E-state index contributed by atoms with van der Waals surface area (Å²) in [6.45, 7) is 8.66. The molecule has 2 rings (SSSR count). The zero-order chi connectivity index (χ0) is 15.6.